The van der Waals surface area contributed by atoms with Crippen LogP contribution in [-0.2, 0) is 11.3 Å². The van der Waals surface area contributed by atoms with Crippen molar-refractivity contribution in [1.82, 2.24) is 19.7 Å². The Morgan fingerprint density at radius 1 is 1.07 bits per heavy atom. The molecule has 9 heteroatoms. The molecule has 1 fully saturated rings. The summed E-state index contributed by atoms with van der Waals surface area (Å²) in [5.74, 6) is 0.131. The van der Waals surface area contributed by atoms with Crippen molar-refractivity contribution in [2.45, 2.75) is 58.7 Å². The summed E-state index contributed by atoms with van der Waals surface area (Å²) in [6, 6.07) is 20.4. The standard InChI is InChI=1S/C33H38N6O3/c1-22-16-29(39(37-22)28-12-5-8-24(17-28)19-34)31(40)36-27-11-6-9-25(18-27)30(26-10-7-15-35-20-26)38(21-23-13-14-23)32(41)42-33(2,3)4/h5-12,15-18,20,23,30H,13-14,19,21,34H2,1-4H3,(H,36,40). The molecule has 2 heterocycles. The van der Waals surface area contributed by atoms with Gasteiger partial charge in [-0.15, -0.1) is 0 Å². The second-order valence-corrected chi connectivity index (χ2v) is 11.8. The fraction of sp³-hybridized carbons (Fsp3) is 0.333. The van der Waals surface area contributed by atoms with Gasteiger partial charge in [-0.1, -0.05) is 30.3 Å². The van der Waals surface area contributed by atoms with Gasteiger partial charge >= 0.3 is 6.09 Å². The van der Waals surface area contributed by atoms with E-state index < -0.39 is 11.6 Å². The highest BCUT2D eigenvalue weighted by molar-refractivity contribution is 6.03. The molecule has 0 radical (unpaired) electrons. The summed E-state index contributed by atoms with van der Waals surface area (Å²) in [5.41, 5.74) is 10.3. The lowest BCUT2D eigenvalue weighted by atomic mass is 9.97. The van der Waals surface area contributed by atoms with E-state index in [0.29, 0.717) is 30.4 Å². The number of nitrogens with zero attached hydrogens (tertiary/aromatic N) is 4. The van der Waals surface area contributed by atoms with Crippen LogP contribution >= 0.6 is 0 Å². The molecule has 1 aliphatic carbocycles. The first-order valence-corrected chi connectivity index (χ1v) is 14.3. The minimum Gasteiger partial charge on any atom is -0.444 e. The van der Waals surface area contributed by atoms with Crippen LogP contribution in [0.5, 0.6) is 0 Å². The molecule has 1 unspecified atom stereocenters. The summed E-state index contributed by atoms with van der Waals surface area (Å²) in [6.07, 6.45) is 5.27. The Labute approximate surface area is 246 Å². The lowest BCUT2D eigenvalue weighted by molar-refractivity contribution is 0.0180. The van der Waals surface area contributed by atoms with Gasteiger partial charge in [-0.05, 0) is 99.5 Å². The quantitative estimate of drug-likeness (QED) is 0.256. The molecule has 5 rings (SSSR count). The van der Waals surface area contributed by atoms with Gasteiger partial charge in [0.1, 0.15) is 11.3 Å². The fourth-order valence-electron chi connectivity index (χ4n) is 4.93. The molecule has 4 aromatic rings. The molecule has 218 valence electrons. The van der Waals surface area contributed by atoms with Crippen molar-refractivity contribution < 1.29 is 14.3 Å². The van der Waals surface area contributed by atoms with E-state index in [1.165, 1.54) is 0 Å². The van der Waals surface area contributed by atoms with Crippen molar-refractivity contribution in [3.05, 3.63) is 107 Å². The molecule has 42 heavy (non-hydrogen) atoms. The third-order valence-corrected chi connectivity index (χ3v) is 7.01. The molecule has 0 aliphatic heterocycles. The number of aromatic nitrogens is 3. The normalized spacial score (nSPS) is 13.8. The Morgan fingerprint density at radius 3 is 2.52 bits per heavy atom. The SMILES string of the molecule is Cc1cc(C(=O)Nc2cccc(C(c3cccnc3)N(CC3CC3)C(=O)OC(C)(C)C)c2)n(-c2cccc(CN)c2)n1. The monoisotopic (exact) mass is 566 g/mol. The van der Waals surface area contributed by atoms with Crippen LogP contribution in [0.3, 0.4) is 0 Å². The number of carbonyl (C=O) groups is 2. The van der Waals surface area contributed by atoms with E-state index in [4.69, 9.17) is 10.5 Å². The van der Waals surface area contributed by atoms with E-state index >= 15 is 0 Å². The number of amides is 2. The summed E-state index contributed by atoms with van der Waals surface area (Å²) in [7, 11) is 0. The average Bonchev–Trinajstić information content (AvgIpc) is 3.70. The molecule has 2 aromatic heterocycles. The van der Waals surface area contributed by atoms with Crippen LogP contribution in [0.4, 0.5) is 10.5 Å². The second kappa shape index (κ2) is 12.2. The van der Waals surface area contributed by atoms with Crippen LogP contribution in [0, 0.1) is 12.8 Å². The Bertz CT molecular complexity index is 1560. The van der Waals surface area contributed by atoms with Crippen LogP contribution < -0.4 is 11.1 Å². The molecule has 1 aliphatic rings. The number of rotatable bonds is 9. The highest BCUT2D eigenvalue weighted by atomic mass is 16.6. The largest absolute Gasteiger partial charge is 0.444 e. The lowest BCUT2D eigenvalue weighted by Crippen LogP contribution is -2.41. The van der Waals surface area contributed by atoms with Crippen molar-refractivity contribution >= 4 is 17.7 Å². The van der Waals surface area contributed by atoms with Crippen molar-refractivity contribution in [3.63, 3.8) is 0 Å². The van der Waals surface area contributed by atoms with E-state index in [9.17, 15) is 9.59 Å². The third kappa shape index (κ3) is 7.03. The number of aryl methyl sites for hydroxylation is 1. The Morgan fingerprint density at radius 2 is 1.83 bits per heavy atom. The van der Waals surface area contributed by atoms with Gasteiger partial charge in [0.15, 0.2) is 0 Å². The minimum atomic E-state index is -0.640. The molecule has 2 aromatic carbocycles. The number of nitrogens with one attached hydrogen (secondary N) is 1. The lowest BCUT2D eigenvalue weighted by Gasteiger charge is -2.34. The zero-order valence-electron chi connectivity index (χ0n) is 24.6. The predicted molar refractivity (Wildman–Crippen MR) is 162 cm³/mol. The van der Waals surface area contributed by atoms with Crippen LogP contribution in [-0.4, -0.2) is 43.8 Å². The maximum absolute atomic E-state index is 13.6. The number of benzene rings is 2. The van der Waals surface area contributed by atoms with Crippen LogP contribution in [0.2, 0.25) is 0 Å². The summed E-state index contributed by atoms with van der Waals surface area (Å²) in [4.78, 5) is 33.3. The van der Waals surface area contributed by atoms with Crippen LogP contribution in [0.15, 0.2) is 79.1 Å². The highest BCUT2D eigenvalue weighted by Gasteiger charge is 2.35. The molecule has 2 amide bonds. The minimum absolute atomic E-state index is 0.300. The zero-order valence-corrected chi connectivity index (χ0v) is 24.6. The van der Waals surface area contributed by atoms with E-state index in [0.717, 1.165) is 40.9 Å². The fourth-order valence-corrected chi connectivity index (χ4v) is 4.93. The van der Waals surface area contributed by atoms with Crippen LogP contribution in [0.1, 0.15) is 72.5 Å². The molecule has 1 atom stereocenters. The van der Waals surface area contributed by atoms with E-state index in [-0.39, 0.29) is 12.0 Å². The molecular formula is C33H38N6O3. The summed E-state index contributed by atoms with van der Waals surface area (Å²) in [6.45, 7) is 8.42. The topological polar surface area (TPSA) is 115 Å². The van der Waals surface area contributed by atoms with Gasteiger partial charge in [-0.2, -0.15) is 5.10 Å². The molecule has 9 nitrogen and oxygen atoms in total. The van der Waals surface area contributed by atoms with Gasteiger partial charge < -0.3 is 15.8 Å². The number of hydrogen-bond acceptors (Lipinski definition) is 6. The van der Waals surface area contributed by atoms with Crippen molar-refractivity contribution in [3.8, 4) is 5.69 Å². The summed E-state index contributed by atoms with van der Waals surface area (Å²) in [5, 5.41) is 7.60. The summed E-state index contributed by atoms with van der Waals surface area (Å²) >= 11 is 0. The Balaban J connectivity index is 1.47. The number of nitrogens with two attached hydrogens (primary N) is 1. The van der Waals surface area contributed by atoms with E-state index in [1.54, 1.807) is 28.0 Å². The Hall–Kier alpha value is -4.50. The van der Waals surface area contributed by atoms with Gasteiger partial charge in [0.05, 0.1) is 17.4 Å². The summed E-state index contributed by atoms with van der Waals surface area (Å²) < 4.78 is 7.49. The number of hydrogen-bond donors (Lipinski definition) is 2. The van der Waals surface area contributed by atoms with Gasteiger partial charge in [-0.25, -0.2) is 9.48 Å². The van der Waals surface area contributed by atoms with Crippen molar-refractivity contribution in [1.29, 1.82) is 0 Å². The number of anilines is 1. The first kappa shape index (κ1) is 29.0. The first-order valence-electron chi connectivity index (χ1n) is 14.3. The second-order valence-electron chi connectivity index (χ2n) is 11.8. The van der Waals surface area contributed by atoms with Gasteiger partial charge in [0, 0.05) is 31.2 Å². The molecule has 1 saturated carbocycles. The smallest absolute Gasteiger partial charge is 0.411 e. The van der Waals surface area contributed by atoms with Gasteiger partial charge in [0.2, 0.25) is 0 Å². The van der Waals surface area contributed by atoms with E-state index in [1.807, 2.05) is 88.4 Å². The van der Waals surface area contributed by atoms with E-state index in [2.05, 4.69) is 15.4 Å². The molecule has 3 N–H and O–H groups in total. The first-order chi connectivity index (χ1) is 20.1. The maximum atomic E-state index is 13.6. The molecule has 0 bridgehead atoms. The van der Waals surface area contributed by atoms with Crippen LogP contribution in [0.25, 0.3) is 5.69 Å². The Kier molecular flexibility index (Phi) is 8.40. The van der Waals surface area contributed by atoms with Crippen molar-refractivity contribution in [2.75, 3.05) is 11.9 Å². The molecular weight excluding hydrogens is 528 g/mol. The number of pyridine rings is 1. The van der Waals surface area contributed by atoms with Crippen molar-refractivity contribution in [2.24, 2.45) is 11.7 Å². The zero-order chi connectivity index (χ0) is 29.9. The maximum Gasteiger partial charge on any atom is 0.411 e. The van der Waals surface area contributed by atoms with Gasteiger partial charge in [-0.3, -0.25) is 14.7 Å². The number of carbonyl (C=O) groups excluding carboxylic acids is 2. The average molecular weight is 567 g/mol. The highest BCUT2D eigenvalue weighted by Crippen LogP contribution is 2.37. The third-order valence-electron chi connectivity index (χ3n) is 7.01. The molecule has 0 saturated heterocycles. The predicted octanol–water partition coefficient (Wildman–Crippen LogP) is 6.02. The van der Waals surface area contributed by atoms with Gasteiger partial charge in [0.25, 0.3) is 5.91 Å². The molecule has 0 spiro atoms. The number of ether oxygens (including phenoxy) is 1.